The number of pyridine rings is 1. The lowest BCUT2D eigenvalue weighted by Gasteiger charge is -2.19. The third kappa shape index (κ3) is 3.60. The highest BCUT2D eigenvalue weighted by Gasteiger charge is 2.15. The van der Waals surface area contributed by atoms with E-state index in [-0.39, 0.29) is 0 Å². The number of anilines is 1. The summed E-state index contributed by atoms with van der Waals surface area (Å²) in [4.78, 5) is 4.51. The molecule has 1 atom stereocenters. The van der Waals surface area contributed by atoms with E-state index < -0.39 is 0 Å². The van der Waals surface area contributed by atoms with Crippen molar-refractivity contribution in [3.63, 3.8) is 0 Å². The summed E-state index contributed by atoms with van der Waals surface area (Å²) in [5.74, 6) is 1.46. The summed E-state index contributed by atoms with van der Waals surface area (Å²) in [6.45, 7) is 5.40. The van der Waals surface area contributed by atoms with Crippen molar-refractivity contribution in [1.29, 1.82) is 0 Å². The van der Waals surface area contributed by atoms with Crippen LogP contribution in [0, 0.1) is 0 Å². The fraction of sp³-hybridized carbons (Fsp3) is 0.471. The highest BCUT2D eigenvalue weighted by Crippen LogP contribution is 2.39. The number of hydrogen-bond donors (Lipinski definition) is 2. The summed E-state index contributed by atoms with van der Waals surface area (Å²) >= 11 is 0. The molecule has 0 fully saturated rings. The molecule has 0 amide bonds. The fourth-order valence-electron chi connectivity index (χ4n) is 2.52. The first-order chi connectivity index (χ1) is 10.7. The molecule has 120 valence electrons. The molecule has 2 rings (SSSR count). The van der Waals surface area contributed by atoms with Crippen LogP contribution in [0.3, 0.4) is 0 Å². The van der Waals surface area contributed by atoms with Crippen molar-refractivity contribution in [2.75, 3.05) is 25.6 Å². The number of nitrogens with one attached hydrogen (secondary N) is 1. The van der Waals surface area contributed by atoms with Crippen LogP contribution in [-0.2, 0) is 0 Å². The Bertz CT molecular complexity index is 616. The smallest absolute Gasteiger partial charge is 0.170 e. The number of rotatable bonds is 8. The largest absolute Gasteiger partial charge is 0.493 e. The average molecular weight is 303 g/mol. The summed E-state index contributed by atoms with van der Waals surface area (Å²) in [7, 11) is 1.65. The zero-order chi connectivity index (χ0) is 15.9. The van der Waals surface area contributed by atoms with Crippen LogP contribution in [-0.4, -0.2) is 31.3 Å². The van der Waals surface area contributed by atoms with Crippen molar-refractivity contribution in [1.82, 2.24) is 4.98 Å². The monoisotopic (exact) mass is 303 g/mol. The van der Waals surface area contributed by atoms with Crippen molar-refractivity contribution < 1.29 is 9.47 Å². The molecule has 1 heterocycles. The molecule has 0 radical (unpaired) electrons. The van der Waals surface area contributed by atoms with Crippen LogP contribution < -0.4 is 20.5 Å². The van der Waals surface area contributed by atoms with Gasteiger partial charge in [0.1, 0.15) is 0 Å². The first-order valence-corrected chi connectivity index (χ1v) is 7.76. The SMILES string of the molecule is CCOc1c(OC)cc(NC(C)CCCN)c2ncccc12. The van der Waals surface area contributed by atoms with Gasteiger partial charge in [0.05, 0.1) is 24.9 Å². The van der Waals surface area contributed by atoms with Gasteiger partial charge < -0.3 is 20.5 Å². The van der Waals surface area contributed by atoms with Crippen LogP contribution in [0.25, 0.3) is 10.9 Å². The number of methoxy groups -OCH3 is 1. The van der Waals surface area contributed by atoms with Gasteiger partial charge in [-0.1, -0.05) is 0 Å². The van der Waals surface area contributed by atoms with Gasteiger partial charge in [-0.3, -0.25) is 4.98 Å². The number of aromatic nitrogens is 1. The van der Waals surface area contributed by atoms with E-state index in [4.69, 9.17) is 15.2 Å². The molecule has 0 spiro atoms. The normalized spacial score (nSPS) is 12.2. The molecule has 0 bridgehead atoms. The van der Waals surface area contributed by atoms with Crippen LogP contribution in [0.5, 0.6) is 11.5 Å². The molecule has 5 nitrogen and oxygen atoms in total. The minimum atomic E-state index is 0.316. The predicted octanol–water partition coefficient (Wildman–Crippen LogP) is 3.18. The van der Waals surface area contributed by atoms with E-state index in [1.807, 2.05) is 25.1 Å². The van der Waals surface area contributed by atoms with Crippen molar-refractivity contribution in [3.8, 4) is 11.5 Å². The lowest BCUT2D eigenvalue weighted by molar-refractivity contribution is 0.315. The van der Waals surface area contributed by atoms with Crippen molar-refractivity contribution in [2.45, 2.75) is 32.7 Å². The first-order valence-electron chi connectivity index (χ1n) is 7.76. The lowest BCUT2D eigenvalue weighted by atomic mass is 10.1. The van der Waals surface area contributed by atoms with Gasteiger partial charge in [-0.2, -0.15) is 0 Å². The number of nitrogens with two attached hydrogens (primary N) is 1. The Balaban J connectivity index is 2.43. The molecule has 22 heavy (non-hydrogen) atoms. The molecule has 0 aliphatic rings. The summed E-state index contributed by atoms with van der Waals surface area (Å²) < 4.78 is 11.3. The number of fused-ring (bicyclic) bond motifs is 1. The zero-order valence-corrected chi connectivity index (χ0v) is 13.6. The van der Waals surface area contributed by atoms with Gasteiger partial charge in [-0.25, -0.2) is 0 Å². The molecule has 5 heteroatoms. The average Bonchev–Trinajstić information content (AvgIpc) is 2.55. The van der Waals surface area contributed by atoms with E-state index in [1.165, 1.54) is 0 Å². The molecule has 0 saturated heterocycles. The van der Waals surface area contributed by atoms with Crippen LogP contribution in [0.2, 0.25) is 0 Å². The van der Waals surface area contributed by atoms with E-state index in [2.05, 4.69) is 17.2 Å². The quantitative estimate of drug-likeness (QED) is 0.784. The zero-order valence-electron chi connectivity index (χ0n) is 13.6. The molecule has 2 aromatic rings. The maximum absolute atomic E-state index is 5.76. The van der Waals surface area contributed by atoms with Crippen molar-refractivity contribution >= 4 is 16.6 Å². The first kappa shape index (κ1) is 16.4. The Morgan fingerprint density at radius 2 is 2.23 bits per heavy atom. The molecular formula is C17H25N3O2. The van der Waals surface area contributed by atoms with Crippen LogP contribution in [0.1, 0.15) is 26.7 Å². The van der Waals surface area contributed by atoms with Gasteiger partial charge in [0, 0.05) is 23.7 Å². The number of benzene rings is 1. The van der Waals surface area contributed by atoms with Gasteiger partial charge in [0.15, 0.2) is 11.5 Å². The van der Waals surface area contributed by atoms with Gasteiger partial charge in [-0.05, 0) is 45.4 Å². The van der Waals surface area contributed by atoms with E-state index in [0.717, 1.165) is 40.9 Å². The summed E-state index contributed by atoms with van der Waals surface area (Å²) in [5.41, 5.74) is 7.44. The standard InChI is InChI=1S/C17H25N3O2/c1-4-22-17-13-8-6-10-19-16(13)14(11-15(17)21-3)20-12(2)7-5-9-18/h6,8,10-12,20H,4-5,7,9,18H2,1-3H3. The second-order valence-corrected chi connectivity index (χ2v) is 5.26. The lowest BCUT2D eigenvalue weighted by Crippen LogP contribution is -2.17. The topological polar surface area (TPSA) is 69.4 Å². The Kier molecular flexibility index (Phi) is 5.83. The third-order valence-corrected chi connectivity index (χ3v) is 3.56. The Hall–Kier alpha value is -2.01. The predicted molar refractivity (Wildman–Crippen MR) is 90.8 cm³/mol. The van der Waals surface area contributed by atoms with E-state index in [0.29, 0.717) is 19.2 Å². The van der Waals surface area contributed by atoms with Crippen LogP contribution >= 0.6 is 0 Å². The minimum Gasteiger partial charge on any atom is -0.493 e. The maximum atomic E-state index is 5.76. The van der Waals surface area contributed by atoms with Crippen molar-refractivity contribution in [3.05, 3.63) is 24.4 Å². The molecular weight excluding hydrogens is 278 g/mol. The second kappa shape index (κ2) is 7.84. The molecule has 0 saturated carbocycles. The summed E-state index contributed by atoms with van der Waals surface area (Å²) in [6, 6.07) is 6.19. The van der Waals surface area contributed by atoms with Crippen molar-refractivity contribution in [2.24, 2.45) is 5.73 Å². The van der Waals surface area contributed by atoms with Gasteiger partial charge in [-0.15, -0.1) is 0 Å². The summed E-state index contributed by atoms with van der Waals surface area (Å²) in [6.07, 6.45) is 3.80. The van der Waals surface area contributed by atoms with Gasteiger partial charge in [0.2, 0.25) is 0 Å². The van der Waals surface area contributed by atoms with Gasteiger partial charge >= 0.3 is 0 Å². The minimum absolute atomic E-state index is 0.316. The molecule has 1 unspecified atom stereocenters. The Morgan fingerprint density at radius 3 is 2.91 bits per heavy atom. The molecule has 3 N–H and O–H groups in total. The second-order valence-electron chi connectivity index (χ2n) is 5.26. The Morgan fingerprint density at radius 1 is 1.41 bits per heavy atom. The number of ether oxygens (including phenoxy) is 2. The van der Waals surface area contributed by atoms with E-state index in [1.54, 1.807) is 13.3 Å². The van der Waals surface area contributed by atoms with Crippen LogP contribution in [0.15, 0.2) is 24.4 Å². The van der Waals surface area contributed by atoms with E-state index >= 15 is 0 Å². The van der Waals surface area contributed by atoms with E-state index in [9.17, 15) is 0 Å². The maximum Gasteiger partial charge on any atom is 0.170 e. The Labute approximate surface area is 131 Å². The summed E-state index contributed by atoms with van der Waals surface area (Å²) in [5, 5.41) is 4.47. The number of nitrogens with zero attached hydrogens (tertiary/aromatic N) is 1. The van der Waals surface area contributed by atoms with Gasteiger partial charge in [0.25, 0.3) is 0 Å². The molecule has 1 aromatic heterocycles. The molecule has 0 aliphatic heterocycles. The number of hydrogen-bond acceptors (Lipinski definition) is 5. The third-order valence-electron chi connectivity index (χ3n) is 3.56. The molecule has 1 aromatic carbocycles. The fourth-order valence-corrected chi connectivity index (χ4v) is 2.52. The molecule has 0 aliphatic carbocycles. The highest BCUT2D eigenvalue weighted by atomic mass is 16.5. The highest BCUT2D eigenvalue weighted by molar-refractivity contribution is 5.97. The van der Waals surface area contributed by atoms with Crippen LogP contribution in [0.4, 0.5) is 5.69 Å².